The van der Waals surface area contributed by atoms with Crippen molar-refractivity contribution in [3.63, 3.8) is 0 Å². The number of ether oxygens (including phenoxy) is 1. The molecular weight excluding hydrogens is 436 g/mol. The number of carbonyl (C=O) groups excluding carboxylic acids is 1. The maximum absolute atomic E-state index is 12.5. The summed E-state index contributed by atoms with van der Waals surface area (Å²) in [6.07, 6.45) is -0.761. The normalized spacial score (nSPS) is 12.1. The summed E-state index contributed by atoms with van der Waals surface area (Å²) >= 11 is 6.16. The quantitative estimate of drug-likeness (QED) is 0.512. The highest BCUT2D eigenvalue weighted by atomic mass is 35.5. The third-order valence-corrected chi connectivity index (χ3v) is 6.54. The van der Waals surface area contributed by atoms with Crippen molar-refractivity contribution in [1.82, 2.24) is 0 Å². The molecule has 162 valence electrons. The number of sulfonamides is 1. The molecule has 2 N–H and O–H groups in total. The second kappa shape index (κ2) is 9.41. The van der Waals surface area contributed by atoms with Crippen LogP contribution in [0, 0.1) is 13.8 Å². The predicted molar refractivity (Wildman–Crippen MR) is 123 cm³/mol. The molecule has 0 saturated carbocycles. The Kier molecular flexibility index (Phi) is 6.87. The molecule has 0 aliphatic rings. The second-order valence-electron chi connectivity index (χ2n) is 7.12. The van der Waals surface area contributed by atoms with E-state index in [-0.39, 0.29) is 10.8 Å². The molecule has 0 saturated heterocycles. The van der Waals surface area contributed by atoms with Crippen LogP contribution < -0.4 is 14.8 Å². The summed E-state index contributed by atoms with van der Waals surface area (Å²) in [5, 5.41) is 3.39. The van der Waals surface area contributed by atoms with Crippen molar-refractivity contribution in [3.8, 4) is 5.75 Å². The van der Waals surface area contributed by atoms with E-state index in [0.717, 1.165) is 11.1 Å². The molecule has 6 nitrogen and oxygen atoms in total. The fraction of sp³-hybridized carbons (Fsp3) is 0.174. The van der Waals surface area contributed by atoms with Gasteiger partial charge in [-0.3, -0.25) is 9.52 Å². The molecule has 0 fully saturated rings. The second-order valence-corrected chi connectivity index (χ2v) is 9.18. The first-order valence-electron chi connectivity index (χ1n) is 9.58. The number of anilines is 2. The molecule has 0 radical (unpaired) electrons. The summed E-state index contributed by atoms with van der Waals surface area (Å²) in [7, 11) is -3.73. The lowest BCUT2D eigenvalue weighted by Gasteiger charge is -2.16. The SMILES string of the molecule is Cc1cc(O[C@@H](C)C(=O)Nc2ccc(S(=O)(=O)Nc3ccccc3)cc2)cc(C)c1Cl. The third-order valence-electron chi connectivity index (χ3n) is 4.55. The average Bonchev–Trinajstić information content (AvgIpc) is 2.72. The van der Waals surface area contributed by atoms with Crippen LogP contribution in [0.15, 0.2) is 71.6 Å². The first-order valence-corrected chi connectivity index (χ1v) is 11.4. The first-order chi connectivity index (χ1) is 14.7. The van der Waals surface area contributed by atoms with Crippen molar-refractivity contribution < 1.29 is 17.9 Å². The van der Waals surface area contributed by atoms with Gasteiger partial charge in [-0.05, 0) is 80.4 Å². The minimum atomic E-state index is -3.73. The molecule has 31 heavy (non-hydrogen) atoms. The lowest BCUT2D eigenvalue weighted by Crippen LogP contribution is -2.30. The van der Waals surface area contributed by atoms with Crippen LogP contribution in [-0.4, -0.2) is 20.4 Å². The lowest BCUT2D eigenvalue weighted by molar-refractivity contribution is -0.122. The Morgan fingerprint density at radius 2 is 1.52 bits per heavy atom. The Morgan fingerprint density at radius 1 is 0.935 bits per heavy atom. The fourth-order valence-electron chi connectivity index (χ4n) is 2.91. The summed E-state index contributed by atoms with van der Waals surface area (Å²) in [4.78, 5) is 12.6. The summed E-state index contributed by atoms with van der Waals surface area (Å²) in [5.41, 5.74) is 2.66. The van der Waals surface area contributed by atoms with Gasteiger partial charge >= 0.3 is 0 Å². The van der Waals surface area contributed by atoms with Gasteiger partial charge in [-0.25, -0.2) is 8.42 Å². The molecule has 3 aromatic rings. The largest absolute Gasteiger partial charge is 0.481 e. The van der Waals surface area contributed by atoms with E-state index in [0.29, 0.717) is 22.1 Å². The van der Waals surface area contributed by atoms with Gasteiger partial charge in [0, 0.05) is 16.4 Å². The van der Waals surface area contributed by atoms with Crippen LogP contribution in [0.25, 0.3) is 0 Å². The number of rotatable bonds is 7. The molecule has 0 aromatic heterocycles. The zero-order chi connectivity index (χ0) is 22.6. The van der Waals surface area contributed by atoms with Gasteiger partial charge < -0.3 is 10.1 Å². The molecule has 0 bridgehead atoms. The number of benzene rings is 3. The van der Waals surface area contributed by atoms with Crippen LogP contribution in [0.5, 0.6) is 5.75 Å². The number of hydrogen-bond acceptors (Lipinski definition) is 4. The Bertz CT molecular complexity index is 1160. The van der Waals surface area contributed by atoms with Crippen LogP contribution in [-0.2, 0) is 14.8 Å². The zero-order valence-corrected chi connectivity index (χ0v) is 18.9. The minimum Gasteiger partial charge on any atom is -0.481 e. The van der Waals surface area contributed by atoms with Gasteiger partial charge in [0.05, 0.1) is 4.90 Å². The topological polar surface area (TPSA) is 84.5 Å². The van der Waals surface area contributed by atoms with Crippen LogP contribution in [0.3, 0.4) is 0 Å². The minimum absolute atomic E-state index is 0.0887. The van der Waals surface area contributed by atoms with Gasteiger partial charge in [0.2, 0.25) is 0 Å². The Labute approximate surface area is 187 Å². The van der Waals surface area contributed by atoms with E-state index in [1.807, 2.05) is 13.8 Å². The molecule has 0 heterocycles. The molecule has 0 unspecified atom stereocenters. The van der Waals surface area contributed by atoms with E-state index in [9.17, 15) is 13.2 Å². The summed E-state index contributed by atoms with van der Waals surface area (Å²) in [6.45, 7) is 5.38. The average molecular weight is 459 g/mol. The Balaban J connectivity index is 1.64. The summed E-state index contributed by atoms with van der Waals surface area (Å²) < 4.78 is 33.2. The van der Waals surface area contributed by atoms with Gasteiger partial charge in [0.1, 0.15) is 5.75 Å². The molecule has 3 aromatic carbocycles. The molecule has 0 aliphatic carbocycles. The Morgan fingerprint density at radius 3 is 2.10 bits per heavy atom. The number of para-hydroxylation sites is 1. The standard InChI is InChI=1S/C23H23ClN2O4S/c1-15-13-20(14-16(2)22(15)24)30-17(3)23(27)25-18-9-11-21(12-10-18)31(28,29)26-19-7-5-4-6-8-19/h4-14,17,26H,1-3H3,(H,25,27)/t17-/m0/s1. The van der Waals surface area contributed by atoms with Gasteiger partial charge in [0.25, 0.3) is 15.9 Å². The number of aryl methyl sites for hydroxylation is 2. The van der Waals surface area contributed by atoms with Crippen LogP contribution in [0.1, 0.15) is 18.1 Å². The van der Waals surface area contributed by atoms with Gasteiger partial charge in [-0.2, -0.15) is 0 Å². The van der Waals surface area contributed by atoms with Crippen LogP contribution >= 0.6 is 11.6 Å². The molecule has 1 amide bonds. The maximum Gasteiger partial charge on any atom is 0.265 e. The van der Waals surface area contributed by atoms with Crippen molar-refractivity contribution in [2.45, 2.75) is 31.8 Å². The van der Waals surface area contributed by atoms with Gasteiger partial charge in [-0.1, -0.05) is 29.8 Å². The van der Waals surface area contributed by atoms with E-state index in [1.165, 1.54) is 24.3 Å². The summed E-state index contributed by atoms with van der Waals surface area (Å²) in [5.74, 6) is 0.193. The van der Waals surface area contributed by atoms with E-state index < -0.39 is 16.1 Å². The number of amides is 1. The number of nitrogens with one attached hydrogen (secondary N) is 2. The molecule has 1 atom stereocenters. The van der Waals surface area contributed by atoms with Crippen LogP contribution in [0.2, 0.25) is 5.02 Å². The van der Waals surface area contributed by atoms with Crippen molar-refractivity contribution >= 4 is 38.9 Å². The monoisotopic (exact) mass is 458 g/mol. The van der Waals surface area contributed by atoms with E-state index in [2.05, 4.69) is 10.0 Å². The molecule has 8 heteroatoms. The molecule has 3 rings (SSSR count). The highest BCUT2D eigenvalue weighted by molar-refractivity contribution is 7.92. The van der Waals surface area contributed by atoms with E-state index in [4.69, 9.17) is 16.3 Å². The molecule has 0 spiro atoms. The molecule has 0 aliphatic heterocycles. The number of hydrogen-bond donors (Lipinski definition) is 2. The van der Waals surface area contributed by atoms with Crippen LogP contribution in [0.4, 0.5) is 11.4 Å². The predicted octanol–water partition coefficient (Wildman–Crippen LogP) is 5.16. The highest BCUT2D eigenvalue weighted by Gasteiger charge is 2.18. The third kappa shape index (κ3) is 5.77. The van der Waals surface area contributed by atoms with Gasteiger partial charge in [-0.15, -0.1) is 0 Å². The zero-order valence-electron chi connectivity index (χ0n) is 17.3. The number of halogens is 1. The van der Waals surface area contributed by atoms with Crippen molar-refractivity contribution in [1.29, 1.82) is 0 Å². The smallest absolute Gasteiger partial charge is 0.265 e. The highest BCUT2D eigenvalue weighted by Crippen LogP contribution is 2.26. The fourth-order valence-corrected chi connectivity index (χ4v) is 4.08. The van der Waals surface area contributed by atoms with E-state index >= 15 is 0 Å². The Hall–Kier alpha value is -3.03. The van der Waals surface area contributed by atoms with E-state index in [1.54, 1.807) is 49.4 Å². The summed E-state index contributed by atoms with van der Waals surface area (Å²) in [6, 6.07) is 18.1. The van der Waals surface area contributed by atoms with Crippen molar-refractivity contribution in [3.05, 3.63) is 82.9 Å². The maximum atomic E-state index is 12.5. The first kappa shape index (κ1) is 22.7. The molecular formula is C23H23ClN2O4S. The van der Waals surface area contributed by atoms with Gasteiger partial charge in [0.15, 0.2) is 6.10 Å². The van der Waals surface area contributed by atoms with Crippen molar-refractivity contribution in [2.24, 2.45) is 0 Å². The number of carbonyl (C=O) groups is 1. The van der Waals surface area contributed by atoms with Crippen molar-refractivity contribution in [2.75, 3.05) is 10.0 Å². The lowest BCUT2D eigenvalue weighted by atomic mass is 10.1.